The topological polar surface area (TPSA) is 40.9 Å². The van der Waals surface area contributed by atoms with Gasteiger partial charge in [0.15, 0.2) is 5.78 Å². The van der Waals surface area contributed by atoms with Crippen LogP contribution < -0.4 is 0 Å². The second kappa shape index (κ2) is 3.14. The quantitative estimate of drug-likeness (QED) is 0.593. The number of nitrogens with zero attached hydrogens (tertiary/aromatic N) is 1. The van der Waals surface area contributed by atoms with E-state index < -0.39 is 5.82 Å². The standard InChI is InChI=1S/C9H6FNO/c1-6(12)7-3-2-4-9(10)8(7)5-11/h2-4H,1H3. The van der Waals surface area contributed by atoms with Crippen LogP contribution in [-0.4, -0.2) is 5.78 Å². The minimum Gasteiger partial charge on any atom is -0.294 e. The van der Waals surface area contributed by atoms with Crippen LogP contribution >= 0.6 is 0 Å². The van der Waals surface area contributed by atoms with Crippen molar-refractivity contribution in [1.29, 1.82) is 5.26 Å². The Labute approximate surface area is 69.2 Å². The molecule has 12 heavy (non-hydrogen) atoms. The predicted molar refractivity (Wildman–Crippen MR) is 41.1 cm³/mol. The van der Waals surface area contributed by atoms with E-state index in [1.54, 1.807) is 6.07 Å². The summed E-state index contributed by atoms with van der Waals surface area (Å²) < 4.78 is 12.8. The highest BCUT2D eigenvalue weighted by atomic mass is 19.1. The third-order valence-corrected chi connectivity index (χ3v) is 1.50. The first kappa shape index (κ1) is 8.41. The largest absolute Gasteiger partial charge is 0.294 e. The van der Waals surface area contributed by atoms with Crippen LogP contribution in [0.1, 0.15) is 22.8 Å². The number of ketones is 1. The van der Waals surface area contributed by atoms with Gasteiger partial charge in [-0.1, -0.05) is 6.07 Å². The minimum absolute atomic E-state index is 0.137. The van der Waals surface area contributed by atoms with E-state index >= 15 is 0 Å². The molecule has 0 aliphatic carbocycles. The summed E-state index contributed by atoms with van der Waals surface area (Å²) in [6.45, 7) is 1.30. The molecule has 60 valence electrons. The van der Waals surface area contributed by atoms with Gasteiger partial charge >= 0.3 is 0 Å². The Kier molecular flexibility index (Phi) is 2.20. The van der Waals surface area contributed by atoms with Gasteiger partial charge in [0.1, 0.15) is 11.9 Å². The summed E-state index contributed by atoms with van der Waals surface area (Å²) in [7, 11) is 0. The first-order valence-corrected chi connectivity index (χ1v) is 3.36. The summed E-state index contributed by atoms with van der Waals surface area (Å²) in [6.07, 6.45) is 0. The molecule has 0 N–H and O–H groups in total. The van der Waals surface area contributed by atoms with E-state index in [0.717, 1.165) is 6.07 Å². The molecule has 1 rings (SSSR count). The van der Waals surface area contributed by atoms with Crippen molar-refractivity contribution in [1.82, 2.24) is 0 Å². The number of Topliss-reactive ketones (excluding diaryl/α,β-unsaturated/α-hetero) is 1. The molecule has 1 aromatic carbocycles. The van der Waals surface area contributed by atoms with Gasteiger partial charge in [0.25, 0.3) is 0 Å². The monoisotopic (exact) mass is 163 g/mol. The third kappa shape index (κ3) is 1.32. The SMILES string of the molecule is CC(=O)c1cccc(F)c1C#N. The molecule has 0 heterocycles. The zero-order chi connectivity index (χ0) is 9.14. The van der Waals surface area contributed by atoms with E-state index in [1.165, 1.54) is 19.1 Å². The highest BCUT2D eigenvalue weighted by Gasteiger charge is 2.10. The smallest absolute Gasteiger partial charge is 0.161 e. The van der Waals surface area contributed by atoms with E-state index in [1.807, 2.05) is 0 Å². The molecule has 0 spiro atoms. The van der Waals surface area contributed by atoms with Crippen LogP contribution in [0.4, 0.5) is 4.39 Å². The number of benzene rings is 1. The molecule has 0 amide bonds. The van der Waals surface area contributed by atoms with E-state index in [2.05, 4.69) is 0 Å². The van der Waals surface area contributed by atoms with Crippen molar-refractivity contribution in [2.24, 2.45) is 0 Å². The zero-order valence-corrected chi connectivity index (χ0v) is 6.47. The molecule has 0 aliphatic heterocycles. The van der Waals surface area contributed by atoms with E-state index in [-0.39, 0.29) is 16.9 Å². The molecule has 0 aliphatic rings. The second-order valence-electron chi connectivity index (χ2n) is 2.33. The van der Waals surface area contributed by atoms with Gasteiger partial charge < -0.3 is 0 Å². The Bertz CT molecular complexity index is 365. The van der Waals surface area contributed by atoms with Crippen molar-refractivity contribution in [3.8, 4) is 6.07 Å². The van der Waals surface area contributed by atoms with Gasteiger partial charge in [-0.25, -0.2) is 4.39 Å². The molecule has 0 atom stereocenters. The summed E-state index contributed by atoms with van der Waals surface area (Å²) in [5, 5.41) is 8.51. The van der Waals surface area contributed by atoms with Crippen LogP contribution in [-0.2, 0) is 0 Å². The maximum Gasteiger partial charge on any atom is 0.161 e. The Balaban J connectivity index is 3.40. The molecule has 0 radical (unpaired) electrons. The normalized spacial score (nSPS) is 9.08. The number of nitriles is 1. The molecule has 1 aromatic rings. The lowest BCUT2D eigenvalue weighted by atomic mass is 10.1. The summed E-state index contributed by atoms with van der Waals surface area (Å²) in [4.78, 5) is 10.9. The molecule has 0 saturated carbocycles. The lowest BCUT2D eigenvalue weighted by Crippen LogP contribution is -1.98. The average molecular weight is 163 g/mol. The predicted octanol–water partition coefficient (Wildman–Crippen LogP) is 1.90. The van der Waals surface area contributed by atoms with Crippen LogP contribution in [0, 0.1) is 17.1 Å². The number of halogens is 1. The number of hydrogen-bond acceptors (Lipinski definition) is 2. The number of carbonyl (C=O) groups is 1. The molecule has 0 aromatic heterocycles. The molecule has 3 heteroatoms. The van der Waals surface area contributed by atoms with Crippen molar-refractivity contribution in [2.45, 2.75) is 6.92 Å². The highest BCUT2D eigenvalue weighted by molar-refractivity contribution is 5.96. The minimum atomic E-state index is -0.648. The average Bonchev–Trinajstić information content (AvgIpc) is 2.03. The summed E-state index contributed by atoms with van der Waals surface area (Å²) in [5.74, 6) is -0.948. The molecular weight excluding hydrogens is 157 g/mol. The number of carbonyl (C=O) groups excluding carboxylic acids is 1. The van der Waals surface area contributed by atoms with Gasteiger partial charge in [-0.3, -0.25) is 4.79 Å². The van der Waals surface area contributed by atoms with Crippen molar-refractivity contribution in [3.05, 3.63) is 35.1 Å². The first-order valence-electron chi connectivity index (χ1n) is 3.36. The fourth-order valence-electron chi connectivity index (χ4n) is 0.931. The van der Waals surface area contributed by atoms with Gasteiger partial charge in [-0.2, -0.15) is 5.26 Å². The van der Waals surface area contributed by atoms with Crippen molar-refractivity contribution < 1.29 is 9.18 Å². The van der Waals surface area contributed by atoms with Crippen LogP contribution in [0.2, 0.25) is 0 Å². The van der Waals surface area contributed by atoms with Gasteiger partial charge in [0.05, 0.1) is 5.56 Å². The van der Waals surface area contributed by atoms with Crippen LogP contribution in [0.25, 0.3) is 0 Å². The molecule has 0 saturated heterocycles. The molecule has 0 fully saturated rings. The Morgan fingerprint density at radius 1 is 1.58 bits per heavy atom. The first-order chi connectivity index (χ1) is 5.66. The molecule has 0 bridgehead atoms. The van der Waals surface area contributed by atoms with E-state index in [0.29, 0.717) is 0 Å². The lowest BCUT2D eigenvalue weighted by Gasteiger charge is -1.98. The Morgan fingerprint density at radius 2 is 2.25 bits per heavy atom. The van der Waals surface area contributed by atoms with Gasteiger partial charge in [-0.15, -0.1) is 0 Å². The zero-order valence-electron chi connectivity index (χ0n) is 6.47. The molecule has 0 unspecified atom stereocenters. The van der Waals surface area contributed by atoms with Gasteiger partial charge in [-0.05, 0) is 19.1 Å². The van der Waals surface area contributed by atoms with Crippen molar-refractivity contribution in [3.63, 3.8) is 0 Å². The van der Waals surface area contributed by atoms with Gasteiger partial charge in [0.2, 0.25) is 0 Å². The molecular formula is C9H6FNO. The Hall–Kier alpha value is -1.69. The van der Waals surface area contributed by atoms with Crippen LogP contribution in [0.15, 0.2) is 18.2 Å². The second-order valence-corrected chi connectivity index (χ2v) is 2.33. The van der Waals surface area contributed by atoms with Crippen LogP contribution in [0.3, 0.4) is 0 Å². The van der Waals surface area contributed by atoms with Gasteiger partial charge in [0, 0.05) is 5.56 Å². The maximum atomic E-state index is 12.8. The van der Waals surface area contributed by atoms with E-state index in [4.69, 9.17) is 5.26 Å². The highest BCUT2D eigenvalue weighted by Crippen LogP contribution is 2.12. The van der Waals surface area contributed by atoms with E-state index in [9.17, 15) is 9.18 Å². The lowest BCUT2D eigenvalue weighted by molar-refractivity contribution is 0.101. The summed E-state index contributed by atoms with van der Waals surface area (Å²) in [6, 6.07) is 5.65. The Morgan fingerprint density at radius 3 is 2.67 bits per heavy atom. The van der Waals surface area contributed by atoms with Crippen molar-refractivity contribution >= 4 is 5.78 Å². The van der Waals surface area contributed by atoms with Crippen molar-refractivity contribution in [2.75, 3.05) is 0 Å². The van der Waals surface area contributed by atoms with Crippen LogP contribution in [0.5, 0.6) is 0 Å². The third-order valence-electron chi connectivity index (χ3n) is 1.50. The summed E-state index contributed by atoms with van der Waals surface area (Å²) >= 11 is 0. The maximum absolute atomic E-state index is 12.8. The number of rotatable bonds is 1. The fourth-order valence-corrected chi connectivity index (χ4v) is 0.931. The number of hydrogen-bond donors (Lipinski definition) is 0. The fraction of sp³-hybridized carbons (Fsp3) is 0.111. The molecule has 2 nitrogen and oxygen atoms in total. The summed E-state index contributed by atoms with van der Waals surface area (Å²) in [5.41, 5.74) is -0.0394.